The highest BCUT2D eigenvalue weighted by atomic mass is 16.5. The zero-order valence-corrected chi connectivity index (χ0v) is 21.8. The summed E-state index contributed by atoms with van der Waals surface area (Å²) in [5.74, 6) is 0.496. The molecule has 37 heavy (non-hydrogen) atoms. The lowest BCUT2D eigenvalue weighted by Gasteiger charge is -2.48. The number of phenolic OH excluding ortho intramolecular Hbond substituents is 1. The number of rotatable bonds is 5. The number of methoxy groups -OCH3 is 2. The molecule has 3 aromatic rings. The van der Waals surface area contributed by atoms with E-state index in [1.54, 1.807) is 24.4 Å². The van der Waals surface area contributed by atoms with Gasteiger partial charge in [-0.15, -0.1) is 0 Å². The van der Waals surface area contributed by atoms with Crippen LogP contribution >= 0.6 is 0 Å². The molecule has 2 heterocycles. The van der Waals surface area contributed by atoms with Crippen LogP contribution in [0.5, 0.6) is 11.5 Å². The molecule has 0 unspecified atom stereocenters. The van der Waals surface area contributed by atoms with Gasteiger partial charge in [-0.05, 0) is 67.1 Å². The van der Waals surface area contributed by atoms with Crippen molar-refractivity contribution in [3.63, 3.8) is 0 Å². The van der Waals surface area contributed by atoms with Crippen molar-refractivity contribution >= 4 is 28.8 Å². The lowest BCUT2D eigenvalue weighted by molar-refractivity contribution is -0.154. The minimum absolute atomic E-state index is 0.0488. The number of H-pyrrole nitrogens is 1. The monoisotopic (exact) mass is 502 g/mol. The number of aromatic amines is 1. The van der Waals surface area contributed by atoms with Crippen LogP contribution < -0.4 is 4.74 Å². The van der Waals surface area contributed by atoms with E-state index in [1.165, 1.54) is 14.2 Å². The van der Waals surface area contributed by atoms with E-state index in [0.29, 0.717) is 18.1 Å². The molecule has 2 aliphatic rings. The Kier molecular flexibility index (Phi) is 7.02. The smallest absolute Gasteiger partial charge is 0.310 e. The second-order valence-corrected chi connectivity index (χ2v) is 10.0. The van der Waals surface area contributed by atoms with E-state index in [-0.39, 0.29) is 29.6 Å². The third-order valence-electron chi connectivity index (χ3n) is 8.10. The SMILES string of the molecule is CC[C@H]1CN(C)[C@H]2Cc3c([nH]c4ccccc34)/C(=N/N=C\c3ccc(O)c(OC)c3)C[C@H]1[C@H]2C(=O)OC. The Balaban J connectivity index is 1.63. The number of benzene rings is 2. The summed E-state index contributed by atoms with van der Waals surface area (Å²) in [6, 6.07) is 13.4. The molecule has 1 saturated heterocycles. The van der Waals surface area contributed by atoms with Crippen molar-refractivity contribution in [2.24, 2.45) is 28.0 Å². The summed E-state index contributed by atoms with van der Waals surface area (Å²) >= 11 is 0. The Morgan fingerprint density at radius 2 is 2.03 bits per heavy atom. The van der Waals surface area contributed by atoms with Gasteiger partial charge < -0.3 is 24.5 Å². The number of nitrogens with zero attached hydrogens (tertiary/aromatic N) is 3. The fourth-order valence-electron chi connectivity index (χ4n) is 6.19. The Morgan fingerprint density at radius 1 is 1.22 bits per heavy atom. The summed E-state index contributed by atoms with van der Waals surface area (Å²) in [6.07, 6.45) is 3.97. The average molecular weight is 503 g/mol. The van der Waals surface area contributed by atoms with Crippen LogP contribution in [0, 0.1) is 17.8 Å². The maximum absolute atomic E-state index is 13.2. The topological polar surface area (TPSA) is 99.5 Å². The van der Waals surface area contributed by atoms with Crippen LogP contribution in [0.4, 0.5) is 0 Å². The number of carbonyl (C=O) groups is 1. The van der Waals surface area contributed by atoms with Crippen molar-refractivity contribution in [3.8, 4) is 11.5 Å². The molecule has 0 amide bonds. The molecule has 8 heteroatoms. The summed E-state index contributed by atoms with van der Waals surface area (Å²) in [5.41, 5.74) is 4.81. The van der Waals surface area contributed by atoms with Crippen LogP contribution in [0.25, 0.3) is 10.9 Å². The molecular weight excluding hydrogens is 468 g/mol. The number of phenols is 1. The third kappa shape index (κ3) is 4.62. The van der Waals surface area contributed by atoms with Crippen LogP contribution in [-0.4, -0.2) is 66.7 Å². The van der Waals surface area contributed by atoms with Crippen molar-refractivity contribution in [2.45, 2.75) is 32.2 Å². The molecule has 194 valence electrons. The number of carbonyl (C=O) groups excluding carboxylic acids is 1. The fraction of sp³-hybridized carbons (Fsp3) is 0.414. The first kappa shape index (κ1) is 25.0. The number of likely N-dealkylation sites (tertiary alicyclic amines) is 1. The molecule has 0 spiro atoms. The highest BCUT2D eigenvalue weighted by molar-refractivity contribution is 6.06. The van der Waals surface area contributed by atoms with Crippen molar-refractivity contribution in [1.29, 1.82) is 0 Å². The van der Waals surface area contributed by atoms with Gasteiger partial charge in [-0.25, -0.2) is 0 Å². The van der Waals surface area contributed by atoms with Gasteiger partial charge in [0.15, 0.2) is 11.5 Å². The van der Waals surface area contributed by atoms with Gasteiger partial charge in [0, 0.05) is 23.5 Å². The third-order valence-corrected chi connectivity index (χ3v) is 8.10. The van der Waals surface area contributed by atoms with Crippen LogP contribution in [0.15, 0.2) is 52.7 Å². The molecule has 5 rings (SSSR count). The summed E-state index contributed by atoms with van der Waals surface area (Å²) in [6.45, 7) is 3.12. The van der Waals surface area contributed by atoms with Crippen LogP contribution in [0.1, 0.15) is 36.6 Å². The summed E-state index contributed by atoms with van der Waals surface area (Å²) in [4.78, 5) is 19.2. The van der Waals surface area contributed by atoms with E-state index >= 15 is 0 Å². The number of fused-ring (bicyclic) bond motifs is 5. The fourth-order valence-corrected chi connectivity index (χ4v) is 6.19. The van der Waals surface area contributed by atoms with Gasteiger partial charge in [0.05, 0.1) is 37.8 Å². The number of aromatic nitrogens is 1. The predicted molar refractivity (Wildman–Crippen MR) is 145 cm³/mol. The number of ether oxygens (including phenoxy) is 2. The number of aromatic hydroxyl groups is 1. The van der Waals surface area contributed by atoms with Gasteiger partial charge in [0.1, 0.15) is 0 Å². The number of likely N-dealkylation sites (N-methyl/N-ethyl adjacent to an activating group) is 1. The van der Waals surface area contributed by atoms with E-state index in [1.807, 2.05) is 12.1 Å². The van der Waals surface area contributed by atoms with Crippen molar-refractivity contribution < 1.29 is 19.4 Å². The molecule has 0 radical (unpaired) electrons. The first-order valence-electron chi connectivity index (χ1n) is 12.8. The second-order valence-electron chi connectivity index (χ2n) is 10.0. The maximum atomic E-state index is 13.2. The average Bonchev–Trinajstić information content (AvgIpc) is 3.27. The van der Waals surface area contributed by atoms with Gasteiger partial charge in [0.2, 0.25) is 0 Å². The molecule has 0 saturated carbocycles. The Hall–Kier alpha value is -3.65. The predicted octanol–water partition coefficient (Wildman–Crippen LogP) is 4.40. The molecule has 2 bridgehead atoms. The number of nitrogens with one attached hydrogen (secondary N) is 1. The number of hydrogen-bond acceptors (Lipinski definition) is 7. The van der Waals surface area contributed by atoms with Gasteiger partial charge in [-0.1, -0.05) is 31.5 Å². The molecule has 2 aromatic carbocycles. The summed E-state index contributed by atoms with van der Waals surface area (Å²) < 4.78 is 10.6. The Morgan fingerprint density at radius 3 is 2.78 bits per heavy atom. The highest BCUT2D eigenvalue weighted by Gasteiger charge is 2.48. The van der Waals surface area contributed by atoms with Crippen molar-refractivity contribution in [1.82, 2.24) is 9.88 Å². The number of para-hydroxylation sites is 1. The summed E-state index contributed by atoms with van der Waals surface area (Å²) in [7, 11) is 5.12. The lowest BCUT2D eigenvalue weighted by atomic mass is 9.67. The second kappa shape index (κ2) is 10.4. The molecule has 2 N–H and O–H groups in total. The van der Waals surface area contributed by atoms with E-state index in [0.717, 1.165) is 52.8 Å². The van der Waals surface area contributed by atoms with Crippen LogP contribution in [0.2, 0.25) is 0 Å². The first-order chi connectivity index (χ1) is 17.9. The minimum Gasteiger partial charge on any atom is -0.504 e. The van der Waals surface area contributed by atoms with Crippen LogP contribution in [0.3, 0.4) is 0 Å². The minimum atomic E-state index is -0.244. The van der Waals surface area contributed by atoms with Gasteiger partial charge in [-0.2, -0.15) is 10.2 Å². The highest BCUT2D eigenvalue weighted by Crippen LogP contribution is 2.43. The number of esters is 1. The van der Waals surface area contributed by atoms with E-state index in [2.05, 4.69) is 41.1 Å². The van der Waals surface area contributed by atoms with E-state index < -0.39 is 0 Å². The van der Waals surface area contributed by atoms with Gasteiger partial charge in [-0.3, -0.25) is 4.79 Å². The van der Waals surface area contributed by atoms with Crippen LogP contribution in [-0.2, 0) is 16.0 Å². The zero-order valence-electron chi connectivity index (χ0n) is 21.8. The zero-order chi connectivity index (χ0) is 26.1. The molecule has 8 nitrogen and oxygen atoms in total. The molecular formula is C29H34N4O4. The van der Waals surface area contributed by atoms with Crippen molar-refractivity contribution in [2.75, 3.05) is 27.8 Å². The Labute approximate surface area is 217 Å². The van der Waals surface area contributed by atoms with E-state index in [4.69, 9.17) is 14.6 Å². The maximum Gasteiger partial charge on any atom is 0.310 e. The molecule has 1 aliphatic heterocycles. The summed E-state index contributed by atoms with van der Waals surface area (Å²) in [5, 5.41) is 20.2. The number of hydrogen-bond donors (Lipinski definition) is 2. The number of piperidine rings is 1. The van der Waals surface area contributed by atoms with Gasteiger partial charge in [0.25, 0.3) is 0 Å². The first-order valence-corrected chi connectivity index (χ1v) is 12.8. The molecule has 4 atom stereocenters. The Bertz CT molecular complexity index is 1360. The quantitative estimate of drug-likeness (QED) is 0.306. The molecule has 1 aliphatic carbocycles. The van der Waals surface area contributed by atoms with Crippen molar-refractivity contribution in [3.05, 3.63) is 59.3 Å². The normalized spacial score (nSPS) is 25.1. The lowest BCUT2D eigenvalue weighted by Crippen LogP contribution is -2.56. The van der Waals surface area contributed by atoms with E-state index in [9.17, 15) is 9.90 Å². The standard InChI is InChI=1S/C29H34N4O4/c1-5-18-16-33(2)24-14-21-19-8-6-7-9-22(19)31-28(21)23(13-20(18)27(24)29(35)37-4)32-30-15-17-10-11-25(34)26(12-17)36-3/h6-12,15,18,20,24,27,31,34H,5,13-14,16H2,1-4H3/b30-15-,32-23+/t18-,20+,24-,27+/m0/s1. The van der Waals surface area contributed by atoms with Gasteiger partial charge >= 0.3 is 5.97 Å². The molecule has 1 fully saturated rings. The largest absolute Gasteiger partial charge is 0.504 e. The molecule has 1 aromatic heterocycles.